The largest absolute Gasteiger partial charge is 0.507 e. The van der Waals surface area contributed by atoms with Gasteiger partial charge in [-0.1, -0.05) is 48.0 Å². The molecule has 1 aliphatic heterocycles. The van der Waals surface area contributed by atoms with Crippen LogP contribution in [0.5, 0.6) is 5.75 Å². The molecule has 1 unspecified atom stereocenters. The molecule has 0 fully saturated rings. The van der Waals surface area contributed by atoms with E-state index < -0.39 is 11.5 Å². The Balaban J connectivity index is 1.79. The Bertz CT molecular complexity index is 1780. The number of benzene rings is 3. The Morgan fingerprint density at radius 1 is 0.943 bits per heavy atom. The third-order valence-electron chi connectivity index (χ3n) is 6.55. The minimum Gasteiger partial charge on any atom is -0.507 e. The van der Waals surface area contributed by atoms with Crippen LogP contribution in [-0.4, -0.2) is 11.7 Å². The summed E-state index contributed by atoms with van der Waals surface area (Å²) in [5, 5.41) is 12.2. The van der Waals surface area contributed by atoms with Gasteiger partial charge in [-0.3, -0.25) is 4.79 Å². The minimum absolute atomic E-state index is 0.0117. The lowest BCUT2D eigenvalue weighted by molar-refractivity contribution is 0.454. The lowest BCUT2D eigenvalue weighted by Gasteiger charge is -2.35. The molecule has 1 N–H and O–H groups in total. The highest BCUT2D eigenvalue weighted by molar-refractivity contribution is 5.88. The van der Waals surface area contributed by atoms with Crippen LogP contribution in [0.15, 0.2) is 97.8 Å². The van der Waals surface area contributed by atoms with Crippen LogP contribution in [0.3, 0.4) is 0 Å². The van der Waals surface area contributed by atoms with Gasteiger partial charge in [-0.05, 0) is 42.8 Å². The van der Waals surface area contributed by atoms with Gasteiger partial charge >= 0.3 is 5.63 Å². The third-order valence-corrected chi connectivity index (χ3v) is 6.55. The van der Waals surface area contributed by atoms with Crippen molar-refractivity contribution in [3.8, 4) is 5.75 Å². The second kappa shape index (κ2) is 7.74. The normalized spacial score (nSPS) is 14.7. The van der Waals surface area contributed by atoms with Crippen LogP contribution in [0.2, 0.25) is 0 Å². The summed E-state index contributed by atoms with van der Waals surface area (Å²) in [6.07, 6.45) is 1.73. The SMILES string of the molecule is C=CCN1c2ccc(C)cc2C(c2c(O)c3ccccc3oc2=O)c2c1oc1ccccc1c2=O. The van der Waals surface area contributed by atoms with Crippen molar-refractivity contribution in [1.29, 1.82) is 0 Å². The van der Waals surface area contributed by atoms with Crippen molar-refractivity contribution < 1.29 is 13.9 Å². The van der Waals surface area contributed by atoms with Crippen LogP contribution in [-0.2, 0) is 0 Å². The first-order valence-electron chi connectivity index (χ1n) is 11.3. The number of anilines is 2. The summed E-state index contributed by atoms with van der Waals surface area (Å²) in [7, 11) is 0. The van der Waals surface area contributed by atoms with Crippen LogP contribution < -0.4 is 16.0 Å². The van der Waals surface area contributed by atoms with Gasteiger partial charge in [-0.25, -0.2) is 4.79 Å². The summed E-state index contributed by atoms with van der Waals surface area (Å²) in [6, 6.07) is 19.6. The van der Waals surface area contributed by atoms with Gasteiger partial charge in [-0.15, -0.1) is 6.58 Å². The van der Waals surface area contributed by atoms with Gasteiger partial charge in [0, 0.05) is 12.2 Å². The Morgan fingerprint density at radius 3 is 2.37 bits per heavy atom. The Kier molecular flexibility index (Phi) is 4.64. The molecule has 3 aromatic carbocycles. The molecule has 0 saturated carbocycles. The molecule has 0 saturated heterocycles. The van der Waals surface area contributed by atoms with E-state index in [1.807, 2.05) is 30.0 Å². The molecule has 0 aliphatic carbocycles. The zero-order valence-corrected chi connectivity index (χ0v) is 18.9. The first-order chi connectivity index (χ1) is 17.0. The van der Waals surface area contributed by atoms with E-state index in [-0.39, 0.29) is 27.9 Å². The maximum Gasteiger partial charge on any atom is 0.344 e. The van der Waals surface area contributed by atoms with Crippen molar-refractivity contribution >= 4 is 33.5 Å². The highest BCUT2D eigenvalue weighted by Gasteiger charge is 2.39. The minimum atomic E-state index is -0.886. The van der Waals surface area contributed by atoms with Crippen molar-refractivity contribution in [2.24, 2.45) is 0 Å². The van der Waals surface area contributed by atoms with E-state index in [1.54, 1.807) is 54.6 Å². The first-order valence-corrected chi connectivity index (χ1v) is 11.3. The molecule has 1 atom stereocenters. The average Bonchev–Trinajstić information content (AvgIpc) is 2.86. The second-order valence-electron chi connectivity index (χ2n) is 8.69. The quantitative estimate of drug-likeness (QED) is 0.272. The van der Waals surface area contributed by atoms with Gasteiger partial charge in [0.15, 0.2) is 5.43 Å². The third kappa shape index (κ3) is 3.03. The van der Waals surface area contributed by atoms with Gasteiger partial charge in [-0.2, -0.15) is 0 Å². The summed E-state index contributed by atoms with van der Waals surface area (Å²) in [6.45, 7) is 6.20. The predicted octanol–water partition coefficient (Wildman–Crippen LogP) is 5.73. The molecule has 5 aromatic rings. The van der Waals surface area contributed by atoms with Crippen molar-refractivity contribution in [3.63, 3.8) is 0 Å². The highest BCUT2D eigenvalue weighted by atomic mass is 16.4. The van der Waals surface area contributed by atoms with Crippen molar-refractivity contribution in [1.82, 2.24) is 0 Å². The number of fused-ring (bicyclic) bond motifs is 4. The highest BCUT2D eigenvalue weighted by Crippen LogP contribution is 2.49. The van der Waals surface area contributed by atoms with Crippen LogP contribution in [0, 0.1) is 6.92 Å². The molecule has 3 heterocycles. The first kappa shape index (κ1) is 21.0. The number of rotatable bonds is 3. The average molecular weight is 463 g/mol. The van der Waals surface area contributed by atoms with Crippen molar-refractivity contribution in [2.45, 2.75) is 12.8 Å². The number of hydrogen-bond acceptors (Lipinski definition) is 6. The Morgan fingerprint density at radius 2 is 1.63 bits per heavy atom. The summed E-state index contributed by atoms with van der Waals surface area (Å²) >= 11 is 0. The fourth-order valence-electron chi connectivity index (χ4n) is 5.03. The molecule has 0 spiro atoms. The van der Waals surface area contributed by atoms with E-state index >= 15 is 0 Å². The Labute approximate surface area is 200 Å². The molecular weight excluding hydrogens is 442 g/mol. The van der Waals surface area contributed by atoms with Crippen LogP contribution in [0.4, 0.5) is 11.6 Å². The molecule has 6 rings (SSSR count). The van der Waals surface area contributed by atoms with E-state index in [0.717, 1.165) is 11.3 Å². The monoisotopic (exact) mass is 463 g/mol. The Hall–Kier alpha value is -4.58. The van der Waals surface area contributed by atoms with E-state index in [9.17, 15) is 14.7 Å². The number of aromatic hydroxyl groups is 1. The number of hydrogen-bond donors (Lipinski definition) is 1. The number of aryl methyl sites for hydroxylation is 1. The molecule has 172 valence electrons. The molecule has 0 bridgehead atoms. The van der Waals surface area contributed by atoms with Gasteiger partial charge in [0.25, 0.3) is 0 Å². The molecular formula is C29H21NO5. The van der Waals surface area contributed by atoms with Gasteiger partial charge in [0.1, 0.15) is 16.9 Å². The maximum absolute atomic E-state index is 14.0. The van der Waals surface area contributed by atoms with Crippen LogP contribution >= 0.6 is 0 Å². The molecule has 2 aromatic heterocycles. The smallest absolute Gasteiger partial charge is 0.344 e. The molecule has 6 nitrogen and oxygen atoms in total. The van der Waals surface area contributed by atoms with E-state index in [2.05, 4.69) is 6.58 Å². The van der Waals surface area contributed by atoms with Crippen molar-refractivity contribution in [3.05, 3.63) is 122 Å². The molecule has 6 heteroatoms. The molecule has 35 heavy (non-hydrogen) atoms. The second-order valence-corrected chi connectivity index (χ2v) is 8.69. The predicted molar refractivity (Wildman–Crippen MR) is 136 cm³/mol. The summed E-state index contributed by atoms with van der Waals surface area (Å²) in [4.78, 5) is 29.2. The van der Waals surface area contributed by atoms with Gasteiger partial charge in [0.2, 0.25) is 5.88 Å². The maximum atomic E-state index is 14.0. The number of nitrogens with zero attached hydrogens (tertiary/aromatic N) is 1. The summed E-state index contributed by atoms with van der Waals surface area (Å²) < 4.78 is 11.9. The van der Waals surface area contributed by atoms with E-state index in [4.69, 9.17) is 8.83 Å². The zero-order valence-electron chi connectivity index (χ0n) is 18.9. The fourth-order valence-corrected chi connectivity index (χ4v) is 5.03. The molecule has 0 radical (unpaired) electrons. The standard InChI is InChI=1S/C29H21NO5/c1-3-14-30-20-13-12-16(2)15-19(20)23(24-26(31)17-8-4-6-10-21(17)34-28(24)30)25-27(32)18-9-5-7-11-22(18)35-29(25)33/h3-13,15,23,32H,1,14H2,2H3. The van der Waals surface area contributed by atoms with Gasteiger partial charge < -0.3 is 18.8 Å². The number of para-hydroxylation sites is 2. The topological polar surface area (TPSA) is 83.9 Å². The zero-order chi connectivity index (χ0) is 24.3. The molecule has 1 aliphatic rings. The summed E-state index contributed by atoms with van der Waals surface area (Å²) in [5.41, 5.74) is 2.46. The fraction of sp³-hybridized carbons (Fsp3) is 0.103. The summed E-state index contributed by atoms with van der Waals surface area (Å²) in [5.74, 6) is -0.769. The van der Waals surface area contributed by atoms with Crippen molar-refractivity contribution in [2.75, 3.05) is 11.4 Å². The van der Waals surface area contributed by atoms with Gasteiger partial charge in [0.05, 0.1) is 27.8 Å². The van der Waals surface area contributed by atoms with Crippen LogP contribution in [0.25, 0.3) is 21.9 Å². The lowest BCUT2D eigenvalue weighted by atomic mass is 9.80. The lowest BCUT2D eigenvalue weighted by Crippen LogP contribution is -2.32. The molecule has 0 amide bonds. The van der Waals surface area contributed by atoms with Crippen LogP contribution in [0.1, 0.15) is 28.2 Å². The van der Waals surface area contributed by atoms with E-state index in [0.29, 0.717) is 34.3 Å². The van der Waals surface area contributed by atoms with E-state index in [1.165, 1.54) is 0 Å².